The van der Waals surface area contributed by atoms with Gasteiger partial charge in [0.15, 0.2) is 0 Å². The Morgan fingerprint density at radius 3 is 1.33 bits per heavy atom. The van der Waals surface area contributed by atoms with Gasteiger partial charge in [0.2, 0.25) is 0 Å². The van der Waals surface area contributed by atoms with Gasteiger partial charge in [-0.05, 0) is 12.8 Å². The standard InChI is InChI=1S/C25H52O2/c1-3-5-7-9-11-13-15-17-19-21-23-27-24-25(26)22-20-18-16-14-12-10-8-6-4-2/h25-26H,3-24H2,1-2H3. The molecule has 0 heterocycles. The minimum atomic E-state index is -0.252. The van der Waals surface area contributed by atoms with Crippen LogP contribution in [0.2, 0.25) is 0 Å². The molecule has 0 saturated carbocycles. The highest BCUT2D eigenvalue weighted by atomic mass is 16.5. The predicted octanol–water partition coefficient (Wildman–Crippen LogP) is 8.21. The summed E-state index contributed by atoms with van der Waals surface area (Å²) < 4.78 is 5.65. The van der Waals surface area contributed by atoms with E-state index in [-0.39, 0.29) is 6.10 Å². The van der Waals surface area contributed by atoms with Crippen LogP contribution >= 0.6 is 0 Å². The first-order valence-corrected chi connectivity index (χ1v) is 12.6. The maximum atomic E-state index is 9.99. The Morgan fingerprint density at radius 1 is 0.519 bits per heavy atom. The van der Waals surface area contributed by atoms with Crippen LogP contribution in [0, 0.1) is 0 Å². The predicted molar refractivity (Wildman–Crippen MR) is 121 cm³/mol. The van der Waals surface area contributed by atoms with E-state index in [1.165, 1.54) is 109 Å². The minimum Gasteiger partial charge on any atom is -0.391 e. The molecule has 0 aliphatic rings. The summed E-state index contributed by atoms with van der Waals surface area (Å²) in [6.45, 7) is 5.91. The van der Waals surface area contributed by atoms with Gasteiger partial charge in [-0.3, -0.25) is 0 Å². The molecular formula is C25H52O2. The molecule has 0 bridgehead atoms. The number of ether oxygens (including phenoxy) is 1. The highest BCUT2D eigenvalue weighted by Gasteiger charge is 2.04. The third-order valence-corrected chi connectivity index (χ3v) is 5.59. The summed E-state index contributed by atoms with van der Waals surface area (Å²) in [5.41, 5.74) is 0. The number of unbranched alkanes of at least 4 members (excludes halogenated alkanes) is 17. The molecule has 0 radical (unpaired) electrons. The van der Waals surface area contributed by atoms with Crippen molar-refractivity contribution >= 4 is 0 Å². The zero-order valence-corrected chi connectivity index (χ0v) is 19.0. The molecule has 1 N–H and O–H groups in total. The van der Waals surface area contributed by atoms with Crippen LogP contribution in [-0.2, 0) is 4.74 Å². The summed E-state index contributed by atoms with van der Waals surface area (Å²) in [5.74, 6) is 0. The van der Waals surface area contributed by atoms with Gasteiger partial charge in [0.25, 0.3) is 0 Å². The van der Waals surface area contributed by atoms with Gasteiger partial charge in [-0.1, -0.05) is 129 Å². The van der Waals surface area contributed by atoms with E-state index in [4.69, 9.17) is 4.74 Å². The largest absolute Gasteiger partial charge is 0.391 e. The Hall–Kier alpha value is -0.0800. The summed E-state index contributed by atoms with van der Waals surface area (Å²) in [6.07, 6.45) is 26.3. The summed E-state index contributed by atoms with van der Waals surface area (Å²) in [6, 6.07) is 0. The molecule has 0 spiro atoms. The minimum absolute atomic E-state index is 0.252. The topological polar surface area (TPSA) is 29.5 Å². The Labute approximate surface area is 171 Å². The summed E-state index contributed by atoms with van der Waals surface area (Å²) in [5, 5.41) is 9.99. The second-order valence-corrected chi connectivity index (χ2v) is 8.53. The quantitative estimate of drug-likeness (QED) is 0.180. The maximum absolute atomic E-state index is 9.99. The normalized spacial score (nSPS) is 12.6. The maximum Gasteiger partial charge on any atom is 0.0773 e. The molecule has 27 heavy (non-hydrogen) atoms. The molecule has 1 unspecified atom stereocenters. The van der Waals surface area contributed by atoms with Gasteiger partial charge in [0.1, 0.15) is 0 Å². The smallest absolute Gasteiger partial charge is 0.0773 e. The number of aliphatic hydroxyl groups is 1. The molecule has 1 atom stereocenters. The molecule has 0 aliphatic heterocycles. The van der Waals surface area contributed by atoms with Gasteiger partial charge in [-0.15, -0.1) is 0 Å². The molecule has 2 heteroatoms. The summed E-state index contributed by atoms with van der Waals surface area (Å²) >= 11 is 0. The second kappa shape index (κ2) is 24.0. The van der Waals surface area contributed by atoms with Gasteiger partial charge in [0, 0.05) is 6.61 Å². The van der Waals surface area contributed by atoms with E-state index < -0.39 is 0 Å². The van der Waals surface area contributed by atoms with Crippen LogP contribution in [0.1, 0.15) is 142 Å². The van der Waals surface area contributed by atoms with E-state index in [0.717, 1.165) is 25.9 Å². The number of aliphatic hydroxyl groups excluding tert-OH is 1. The molecule has 2 nitrogen and oxygen atoms in total. The molecule has 0 aliphatic carbocycles. The van der Waals surface area contributed by atoms with Crippen LogP contribution in [0.5, 0.6) is 0 Å². The fraction of sp³-hybridized carbons (Fsp3) is 1.00. The number of hydrogen-bond acceptors (Lipinski definition) is 2. The first-order valence-electron chi connectivity index (χ1n) is 12.6. The van der Waals surface area contributed by atoms with Crippen LogP contribution in [0.15, 0.2) is 0 Å². The van der Waals surface area contributed by atoms with Crippen molar-refractivity contribution in [1.29, 1.82) is 0 Å². The van der Waals surface area contributed by atoms with Crippen molar-refractivity contribution in [2.75, 3.05) is 13.2 Å². The fourth-order valence-corrected chi connectivity index (χ4v) is 3.68. The van der Waals surface area contributed by atoms with Crippen LogP contribution in [0.4, 0.5) is 0 Å². The molecule has 0 aromatic heterocycles. The summed E-state index contributed by atoms with van der Waals surface area (Å²) in [7, 11) is 0. The van der Waals surface area contributed by atoms with Crippen molar-refractivity contribution in [3.05, 3.63) is 0 Å². The second-order valence-electron chi connectivity index (χ2n) is 8.53. The molecule has 0 fully saturated rings. The lowest BCUT2D eigenvalue weighted by atomic mass is 10.1. The van der Waals surface area contributed by atoms with Gasteiger partial charge < -0.3 is 9.84 Å². The first-order chi connectivity index (χ1) is 13.3. The lowest BCUT2D eigenvalue weighted by Gasteiger charge is -2.11. The Bertz CT molecular complexity index is 255. The van der Waals surface area contributed by atoms with Crippen molar-refractivity contribution in [2.45, 2.75) is 148 Å². The van der Waals surface area contributed by atoms with E-state index in [2.05, 4.69) is 13.8 Å². The van der Waals surface area contributed by atoms with Crippen molar-refractivity contribution in [3.8, 4) is 0 Å². The van der Waals surface area contributed by atoms with Crippen LogP contribution in [0.25, 0.3) is 0 Å². The zero-order valence-electron chi connectivity index (χ0n) is 19.0. The van der Waals surface area contributed by atoms with Crippen LogP contribution in [-0.4, -0.2) is 24.4 Å². The van der Waals surface area contributed by atoms with Gasteiger partial charge >= 0.3 is 0 Å². The SMILES string of the molecule is CCCCCCCCCCCCOCC(O)CCCCCCCCCCC. The average Bonchev–Trinajstić information content (AvgIpc) is 2.67. The molecule has 0 amide bonds. The monoisotopic (exact) mass is 384 g/mol. The molecule has 164 valence electrons. The molecule has 0 saturated heterocycles. The number of hydrogen-bond donors (Lipinski definition) is 1. The zero-order chi connectivity index (χ0) is 19.8. The molecular weight excluding hydrogens is 332 g/mol. The van der Waals surface area contributed by atoms with Crippen molar-refractivity contribution in [1.82, 2.24) is 0 Å². The molecule has 0 aromatic rings. The lowest BCUT2D eigenvalue weighted by molar-refractivity contribution is 0.0297. The third kappa shape index (κ3) is 23.9. The highest BCUT2D eigenvalue weighted by Crippen LogP contribution is 2.12. The first kappa shape index (κ1) is 26.9. The third-order valence-electron chi connectivity index (χ3n) is 5.59. The number of rotatable bonds is 23. The van der Waals surface area contributed by atoms with Crippen molar-refractivity contribution < 1.29 is 9.84 Å². The van der Waals surface area contributed by atoms with E-state index in [0.29, 0.717) is 6.61 Å². The van der Waals surface area contributed by atoms with Crippen molar-refractivity contribution in [3.63, 3.8) is 0 Å². The highest BCUT2D eigenvalue weighted by molar-refractivity contribution is 4.56. The van der Waals surface area contributed by atoms with E-state index in [1.54, 1.807) is 0 Å². The van der Waals surface area contributed by atoms with E-state index >= 15 is 0 Å². The van der Waals surface area contributed by atoms with E-state index in [1.807, 2.05) is 0 Å². The average molecular weight is 385 g/mol. The Morgan fingerprint density at radius 2 is 0.889 bits per heavy atom. The Kier molecular flexibility index (Phi) is 23.9. The Balaban J connectivity index is 3.12. The van der Waals surface area contributed by atoms with Gasteiger partial charge in [-0.2, -0.15) is 0 Å². The molecule has 0 aromatic carbocycles. The lowest BCUT2D eigenvalue weighted by Crippen LogP contribution is -2.15. The fourth-order valence-electron chi connectivity index (χ4n) is 3.68. The van der Waals surface area contributed by atoms with Gasteiger partial charge in [-0.25, -0.2) is 0 Å². The van der Waals surface area contributed by atoms with E-state index in [9.17, 15) is 5.11 Å². The van der Waals surface area contributed by atoms with Gasteiger partial charge in [0.05, 0.1) is 12.7 Å². The molecule has 0 rings (SSSR count). The van der Waals surface area contributed by atoms with Crippen molar-refractivity contribution in [2.24, 2.45) is 0 Å². The van der Waals surface area contributed by atoms with Crippen LogP contribution < -0.4 is 0 Å². The summed E-state index contributed by atoms with van der Waals surface area (Å²) in [4.78, 5) is 0. The van der Waals surface area contributed by atoms with Crippen LogP contribution in [0.3, 0.4) is 0 Å².